The number of methoxy groups -OCH3 is 1. The molecule has 1 aromatic carbocycles. The van der Waals surface area contributed by atoms with Gasteiger partial charge in [0, 0.05) is 16.6 Å². The number of carbonyl (C=O) groups excluding carboxylic acids is 2. The zero-order valence-corrected chi connectivity index (χ0v) is 13.2. The fraction of sp³-hybridized carbons (Fsp3) is 0.500. The average Bonchev–Trinajstić information content (AvgIpc) is 2.96. The van der Waals surface area contributed by atoms with Crippen molar-refractivity contribution in [2.75, 3.05) is 13.7 Å². The van der Waals surface area contributed by atoms with E-state index in [-0.39, 0.29) is 18.5 Å². The zero-order valence-electron chi connectivity index (χ0n) is 12.4. The number of esters is 1. The Morgan fingerprint density at radius 2 is 1.95 bits per heavy atom. The van der Waals surface area contributed by atoms with Crippen molar-refractivity contribution in [3.8, 4) is 0 Å². The zero-order chi connectivity index (χ0) is 15.4. The monoisotopic (exact) mass is 309 g/mol. The Morgan fingerprint density at radius 3 is 2.52 bits per heavy atom. The van der Waals surface area contributed by atoms with Gasteiger partial charge in [-0.25, -0.2) is 0 Å². The first-order valence-electron chi connectivity index (χ1n) is 7.16. The van der Waals surface area contributed by atoms with Crippen molar-refractivity contribution in [2.24, 2.45) is 0 Å². The van der Waals surface area contributed by atoms with Crippen molar-refractivity contribution in [3.05, 3.63) is 34.3 Å². The lowest BCUT2D eigenvalue weighted by Gasteiger charge is -2.28. The second kappa shape index (κ2) is 6.94. The van der Waals surface area contributed by atoms with Crippen molar-refractivity contribution in [2.45, 2.75) is 38.6 Å². The lowest BCUT2D eigenvalue weighted by atomic mass is 10.1. The van der Waals surface area contributed by atoms with E-state index in [0.717, 1.165) is 31.2 Å². The molecule has 1 saturated carbocycles. The summed E-state index contributed by atoms with van der Waals surface area (Å²) >= 11 is 6.03. The number of benzene rings is 1. The number of rotatable bonds is 4. The quantitative estimate of drug-likeness (QED) is 0.802. The normalized spacial score (nSPS) is 15.0. The van der Waals surface area contributed by atoms with E-state index < -0.39 is 5.97 Å². The first kappa shape index (κ1) is 15.8. The Labute approximate surface area is 130 Å². The van der Waals surface area contributed by atoms with Gasteiger partial charge in [-0.3, -0.25) is 9.59 Å². The number of nitrogens with zero attached hydrogens (tertiary/aromatic N) is 1. The van der Waals surface area contributed by atoms with E-state index in [1.54, 1.807) is 23.1 Å². The maximum absolute atomic E-state index is 12.7. The van der Waals surface area contributed by atoms with Crippen LogP contribution in [0, 0.1) is 6.92 Å². The largest absolute Gasteiger partial charge is 0.468 e. The highest BCUT2D eigenvalue weighted by Crippen LogP contribution is 2.26. The summed E-state index contributed by atoms with van der Waals surface area (Å²) in [5, 5.41) is 0.530. The Kier molecular flexibility index (Phi) is 5.23. The molecule has 0 heterocycles. The molecule has 5 heteroatoms. The van der Waals surface area contributed by atoms with Crippen LogP contribution < -0.4 is 0 Å². The summed E-state index contributed by atoms with van der Waals surface area (Å²) in [4.78, 5) is 26.0. The second-order valence-corrected chi connectivity index (χ2v) is 5.90. The molecule has 0 radical (unpaired) electrons. The summed E-state index contributed by atoms with van der Waals surface area (Å²) in [6.45, 7) is 1.88. The number of aryl methyl sites for hydroxylation is 1. The first-order valence-corrected chi connectivity index (χ1v) is 7.54. The lowest BCUT2D eigenvalue weighted by molar-refractivity contribution is -0.141. The molecule has 1 aliphatic carbocycles. The van der Waals surface area contributed by atoms with Crippen LogP contribution in [0.2, 0.25) is 5.02 Å². The van der Waals surface area contributed by atoms with Crippen LogP contribution in [0.25, 0.3) is 0 Å². The number of hydrogen-bond acceptors (Lipinski definition) is 3. The minimum absolute atomic E-state index is 0.00837. The Morgan fingerprint density at radius 1 is 1.29 bits per heavy atom. The van der Waals surface area contributed by atoms with Crippen LogP contribution >= 0.6 is 11.6 Å². The highest BCUT2D eigenvalue weighted by molar-refractivity contribution is 6.31. The molecule has 0 aliphatic heterocycles. The fourth-order valence-corrected chi connectivity index (χ4v) is 3.10. The summed E-state index contributed by atoms with van der Waals surface area (Å²) in [5.74, 6) is -0.549. The molecule has 1 aliphatic rings. The molecule has 114 valence electrons. The molecule has 4 nitrogen and oxygen atoms in total. The van der Waals surface area contributed by atoms with Crippen LogP contribution in [-0.2, 0) is 9.53 Å². The standard InChI is InChI=1S/C16H20ClNO3/c1-11-7-12(9-13(17)8-11)16(20)18(10-15(19)21-2)14-5-3-4-6-14/h7-9,14H,3-6,10H2,1-2H3. The summed E-state index contributed by atoms with van der Waals surface area (Å²) < 4.78 is 4.71. The van der Waals surface area contributed by atoms with Gasteiger partial charge < -0.3 is 9.64 Å². The van der Waals surface area contributed by atoms with E-state index >= 15 is 0 Å². The molecule has 0 bridgehead atoms. The summed E-state index contributed by atoms with van der Waals surface area (Å²) in [6, 6.07) is 5.36. The highest BCUT2D eigenvalue weighted by atomic mass is 35.5. The van der Waals surface area contributed by atoms with Crippen molar-refractivity contribution in [1.29, 1.82) is 0 Å². The average molecular weight is 310 g/mol. The molecule has 0 N–H and O–H groups in total. The fourth-order valence-electron chi connectivity index (χ4n) is 2.81. The van der Waals surface area contributed by atoms with Gasteiger partial charge in [-0.1, -0.05) is 24.4 Å². The maximum atomic E-state index is 12.7. The third-order valence-electron chi connectivity index (χ3n) is 3.84. The van der Waals surface area contributed by atoms with E-state index in [1.165, 1.54) is 7.11 Å². The van der Waals surface area contributed by atoms with Gasteiger partial charge >= 0.3 is 5.97 Å². The highest BCUT2D eigenvalue weighted by Gasteiger charge is 2.29. The molecule has 1 amide bonds. The summed E-state index contributed by atoms with van der Waals surface area (Å²) in [5.41, 5.74) is 1.45. The minimum Gasteiger partial charge on any atom is -0.468 e. The smallest absolute Gasteiger partial charge is 0.325 e. The molecule has 1 fully saturated rings. The van der Waals surface area contributed by atoms with E-state index in [0.29, 0.717) is 10.6 Å². The van der Waals surface area contributed by atoms with Crippen molar-refractivity contribution < 1.29 is 14.3 Å². The number of ether oxygens (including phenoxy) is 1. The molecule has 1 aromatic rings. The van der Waals surface area contributed by atoms with Crippen molar-refractivity contribution in [1.82, 2.24) is 4.90 Å². The van der Waals surface area contributed by atoms with Crippen LogP contribution in [0.1, 0.15) is 41.6 Å². The van der Waals surface area contributed by atoms with Crippen LogP contribution in [-0.4, -0.2) is 36.5 Å². The number of carbonyl (C=O) groups is 2. The van der Waals surface area contributed by atoms with E-state index in [2.05, 4.69) is 0 Å². The van der Waals surface area contributed by atoms with E-state index in [1.807, 2.05) is 6.92 Å². The first-order chi connectivity index (χ1) is 10.0. The van der Waals surface area contributed by atoms with E-state index in [4.69, 9.17) is 16.3 Å². The molecule has 21 heavy (non-hydrogen) atoms. The third-order valence-corrected chi connectivity index (χ3v) is 4.06. The number of halogens is 1. The number of hydrogen-bond donors (Lipinski definition) is 0. The summed E-state index contributed by atoms with van der Waals surface area (Å²) in [6.07, 6.45) is 4.04. The SMILES string of the molecule is COC(=O)CN(C(=O)c1cc(C)cc(Cl)c1)C1CCCC1. The summed E-state index contributed by atoms with van der Waals surface area (Å²) in [7, 11) is 1.34. The Bertz CT molecular complexity index is 518. The van der Waals surface area contributed by atoms with Crippen LogP contribution in [0.15, 0.2) is 18.2 Å². The molecule has 0 spiro atoms. The molecule has 0 atom stereocenters. The Balaban J connectivity index is 2.25. The van der Waals surface area contributed by atoms with Crippen LogP contribution in [0.5, 0.6) is 0 Å². The molecule has 0 saturated heterocycles. The van der Waals surface area contributed by atoms with Gasteiger partial charge in [-0.05, 0) is 43.5 Å². The molecule has 0 aromatic heterocycles. The van der Waals surface area contributed by atoms with Gasteiger partial charge in [0.15, 0.2) is 0 Å². The van der Waals surface area contributed by atoms with Gasteiger partial charge in [0.2, 0.25) is 0 Å². The van der Waals surface area contributed by atoms with Gasteiger partial charge in [0.1, 0.15) is 6.54 Å². The predicted octanol–water partition coefficient (Wildman–Crippen LogP) is 3.21. The Hall–Kier alpha value is -1.55. The topological polar surface area (TPSA) is 46.6 Å². The maximum Gasteiger partial charge on any atom is 0.325 e. The van der Waals surface area contributed by atoms with Crippen molar-refractivity contribution >= 4 is 23.5 Å². The molecule has 0 unspecified atom stereocenters. The van der Waals surface area contributed by atoms with Gasteiger partial charge in [-0.15, -0.1) is 0 Å². The second-order valence-electron chi connectivity index (χ2n) is 5.46. The third kappa shape index (κ3) is 3.97. The van der Waals surface area contributed by atoms with Crippen LogP contribution in [0.3, 0.4) is 0 Å². The molecular weight excluding hydrogens is 290 g/mol. The predicted molar refractivity (Wildman–Crippen MR) is 81.5 cm³/mol. The minimum atomic E-state index is -0.394. The van der Waals surface area contributed by atoms with Gasteiger partial charge in [0.05, 0.1) is 7.11 Å². The van der Waals surface area contributed by atoms with E-state index in [9.17, 15) is 9.59 Å². The number of amides is 1. The van der Waals surface area contributed by atoms with Gasteiger partial charge in [0.25, 0.3) is 5.91 Å². The molecular formula is C16H20ClNO3. The van der Waals surface area contributed by atoms with Crippen molar-refractivity contribution in [3.63, 3.8) is 0 Å². The van der Waals surface area contributed by atoms with Crippen LogP contribution in [0.4, 0.5) is 0 Å². The molecule has 2 rings (SSSR count). The van der Waals surface area contributed by atoms with Gasteiger partial charge in [-0.2, -0.15) is 0 Å². The lowest BCUT2D eigenvalue weighted by Crippen LogP contribution is -2.42.